The van der Waals surface area contributed by atoms with E-state index >= 15 is 0 Å². The molecule has 0 radical (unpaired) electrons. The molecule has 0 atom stereocenters. The van der Waals surface area contributed by atoms with Gasteiger partial charge in [0, 0.05) is 72.4 Å². The zero-order valence-corrected chi connectivity index (χ0v) is 35.4. The van der Waals surface area contributed by atoms with E-state index in [9.17, 15) is 0 Å². The maximum Gasteiger partial charge on any atom is 0.115 e. The van der Waals surface area contributed by atoms with Crippen molar-refractivity contribution < 1.29 is 0 Å². The fourth-order valence-electron chi connectivity index (χ4n) is 10.9. The average Bonchev–Trinajstić information content (AvgIpc) is 4.09. The lowest BCUT2D eigenvalue weighted by molar-refractivity contribution is 1.09. The largest absolute Gasteiger partial charge is 0.309 e. The summed E-state index contributed by atoms with van der Waals surface area (Å²) in [5.74, 6) is 0. The second-order valence-corrected chi connectivity index (χ2v) is 17.1. The van der Waals surface area contributed by atoms with Crippen LogP contribution >= 0.6 is 0 Å². The van der Waals surface area contributed by atoms with E-state index in [1.807, 2.05) is 12.4 Å². The number of hydrogen-bond acceptors (Lipinski definition) is 2. The lowest BCUT2D eigenvalue weighted by Gasteiger charge is -2.20. The van der Waals surface area contributed by atoms with Gasteiger partial charge in [-0.3, -0.25) is 0 Å². The van der Waals surface area contributed by atoms with E-state index in [4.69, 9.17) is 0 Å². The van der Waals surface area contributed by atoms with Gasteiger partial charge in [-0.2, -0.15) is 0 Å². The van der Waals surface area contributed by atoms with E-state index < -0.39 is 0 Å². The number of fused-ring (bicyclic) bond motifs is 12. The van der Waals surface area contributed by atoms with Gasteiger partial charge < -0.3 is 18.3 Å². The van der Waals surface area contributed by atoms with Crippen LogP contribution in [0.5, 0.6) is 0 Å². The summed E-state index contributed by atoms with van der Waals surface area (Å²) in [6, 6.07) is 71.1. The number of nitrogens with zero attached hydrogens (tertiary/aromatic N) is 6. The molecule has 0 N–H and O–H groups in total. The Morgan fingerprint density at radius 1 is 0.292 bits per heavy atom. The van der Waals surface area contributed by atoms with Crippen LogP contribution in [0.2, 0.25) is 0 Å². The van der Waals surface area contributed by atoms with Crippen molar-refractivity contribution in [3.63, 3.8) is 0 Å². The van der Waals surface area contributed by atoms with Crippen molar-refractivity contribution in [2.45, 2.75) is 6.92 Å². The van der Waals surface area contributed by atoms with Gasteiger partial charge in [-0.15, -0.1) is 0 Å². The van der Waals surface area contributed by atoms with Crippen molar-refractivity contribution >= 4 is 87.2 Å². The molecule has 0 amide bonds. The number of para-hydroxylation sites is 6. The molecule has 5 aromatic heterocycles. The Morgan fingerprint density at radius 3 is 0.969 bits per heavy atom. The summed E-state index contributed by atoms with van der Waals surface area (Å²) >= 11 is 0. The number of rotatable bonds is 5. The Balaban J connectivity index is 1.03. The molecule has 0 unspecified atom stereocenters. The van der Waals surface area contributed by atoms with E-state index in [-0.39, 0.29) is 0 Å². The minimum absolute atomic E-state index is 0.957. The summed E-state index contributed by atoms with van der Waals surface area (Å²) in [5, 5.41) is 9.81. The predicted octanol–water partition coefficient (Wildman–Crippen LogP) is 14.8. The monoisotopic (exact) mass is 830 g/mol. The molecule has 65 heavy (non-hydrogen) atoms. The van der Waals surface area contributed by atoms with Gasteiger partial charge in [-0.25, -0.2) is 9.97 Å². The Bertz CT molecular complexity index is 3900. The Kier molecular flexibility index (Phi) is 7.51. The van der Waals surface area contributed by atoms with Crippen LogP contribution in [-0.2, 0) is 0 Å². The van der Waals surface area contributed by atoms with Crippen LogP contribution < -0.4 is 0 Å². The zero-order chi connectivity index (χ0) is 42.8. The van der Waals surface area contributed by atoms with E-state index in [0.29, 0.717) is 0 Å². The third kappa shape index (κ3) is 5.10. The van der Waals surface area contributed by atoms with Gasteiger partial charge in [0.1, 0.15) is 6.33 Å². The molecule has 0 spiro atoms. The van der Waals surface area contributed by atoms with Gasteiger partial charge in [-0.05, 0) is 103 Å². The van der Waals surface area contributed by atoms with Crippen LogP contribution in [0.3, 0.4) is 0 Å². The molecular formula is C59H38N6. The quantitative estimate of drug-likeness (QED) is 0.173. The number of benzene rings is 9. The second kappa shape index (κ2) is 13.6. The number of aromatic nitrogens is 6. The molecule has 304 valence electrons. The Labute approximate surface area is 373 Å². The molecule has 14 rings (SSSR count). The number of hydrogen-bond donors (Lipinski definition) is 0. The Hall–Kier alpha value is -8.74. The van der Waals surface area contributed by atoms with Crippen LogP contribution in [-0.4, -0.2) is 28.2 Å². The van der Waals surface area contributed by atoms with Crippen molar-refractivity contribution in [1.29, 1.82) is 0 Å². The van der Waals surface area contributed by atoms with Gasteiger partial charge in [0.15, 0.2) is 0 Å². The van der Waals surface area contributed by atoms with Gasteiger partial charge >= 0.3 is 0 Å². The van der Waals surface area contributed by atoms with Crippen LogP contribution in [0.4, 0.5) is 0 Å². The first-order chi connectivity index (χ1) is 32.2. The predicted molar refractivity (Wildman–Crippen MR) is 270 cm³/mol. The van der Waals surface area contributed by atoms with Crippen molar-refractivity contribution in [3.05, 3.63) is 218 Å². The third-order valence-electron chi connectivity index (χ3n) is 13.7. The molecule has 0 saturated carbocycles. The van der Waals surface area contributed by atoms with Crippen molar-refractivity contribution in [2.75, 3.05) is 0 Å². The van der Waals surface area contributed by atoms with Gasteiger partial charge in [0.2, 0.25) is 0 Å². The molecule has 6 nitrogen and oxygen atoms in total. The molecule has 0 saturated heterocycles. The Morgan fingerprint density at radius 2 is 0.600 bits per heavy atom. The van der Waals surface area contributed by atoms with Gasteiger partial charge in [0.25, 0.3) is 0 Å². The molecule has 0 aliphatic rings. The molecule has 0 aliphatic heterocycles. The first-order valence-electron chi connectivity index (χ1n) is 22.1. The standard InChI is InChI=1S/C59H38N6/c1-37-58(64-54-24-12-6-18-46(54)48-32-40(26-28-56(48)64)62-50-20-8-2-14-42(50)43-15-3-9-21-51(43)62)30-38(39-34-60-36-61-35-39)31-59(37)65-55-25-13-7-19-47(55)49-33-41(27-29-57(49)65)63-52-22-10-4-16-44(52)45-17-5-11-23-53(45)63/h2-36H,1H3. The molecule has 0 fully saturated rings. The maximum atomic E-state index is 4.49. The van der Waals surface area contributed by atoms with Crippen LogP contribution in [0.25, 0.3) is 121 Å². The highest BCUT2D eigenvalue weighted by molar-refractivity contribution is 6.14. The SMILES string of the molecule is Cc1c(-n2c3ccccc3c3cc(-n4c5ccccc5c5ccccc54)ccc32)cc(-c2cncnc2)cc1-n1c2ccccc2c2cc(-n3c4ccccc4c4ccccc43)ccc21. The van der Waals surface area contributed by atoms with Gasteiger partial charge in [-0.1, -0.05) is 109 Å². The maximum absolute atomic E-state index is 4.49. The summed E-state index contributed by atoms with van der Waals surface area (Å²) in [7, 11) is 0. The van der Waals surface area contributed by atoms with E-state index in [0.717, 1.165) is 61.5 Å². The molecule has 5 heterocycles. The fraction of sp³-hybridized carbons (Fsp3) is 0.0169. The van der Waals surface area contributed by atoms with Crippen LogP contribution in [0, 0.1) is 6.92 Å². The molecule has 0 aliphatic carbocycles. The summed E-state index contributed by atoms with van der Waals surface area (Å²) in [4.78, 5) is 8.99. The molecule has 6 heteroatoms. The zero-order valence-electron chi connectivity index (χ0n) is 35.4. The summed E-state index contributed by atoms with van der Waals surface area (Å²) in [6.07, 6.45) is 5.43. The summed E-state index contributed by atoms with van der Waals surface area (Å²) in [5.41, 5.74) is 17.0. The van der Waals surface area contributed by atoms with Crippen LogP contribution in [0.1, 0.15) is 5.56 Å². The van der Waals surface area contributed by atoms with E-state index in [1.54, 1.807) is 6.33 Å². The third-order valence-corrected chi connectivity index (χ3v) is 13.7. The minimum atomic E-state index is 0.957. The first-order valence-corrected chi connectivity index (χ1v) is 22.1. The van der Waals surface area contributed by atoms with Crippen molar-refractivity contribution in [2.24, 2.45) is 0 Å². The smallest absolute Gasteiger partial charge is 0.115 e. The molecule has 0 bridgehead atoms. The van der Waals surface area contributed by atoms with Crippen molar-refractivity contribution in [1.82, 2.24) is 28.2 Å². The highest BCUT2D eigenvalue weighted by Crippen LogP contribution is 2.42. The van der Waals surface area contributed by atoms with Gasteiger partial charge in [0.05, 0.1) is 55.5 Å². The van der Waals surface area contributed by atoms with E-state index in [1.165, 1.54) is 65.2 Å². The first kappa shape index (κ1) is 35.8. The highest BCUT2D eigenvalue weighted by atomic mass is 15.0. The molecule has 9 aromatic carbocycles. The van der Waals surface area contributed by atoms with E-state index in [2.05, 4.69) is 229 Å². The summed E-state index contributed by atoms with van der Waals surface area (Å²) < 4.78 is 9.73. The fourth-order valence-corrected chi connectivity index (χ4v) is 10.9. The highest BCUT2D eigenvalue weighted by Gasteiger charge is 2.23. The lowest BCUT2D eigenvalue weighted by atomic mass is 10.0. The molecular weight excluding hydrogens is 793 g/mol. The summed E-state index contributed by atoms with van der Waals surface area (Å²) in [6.45, 7) is 2.27. The average molecular weight is 831 g/mol. The van der Waals surface area contributed by atoms with Crippen LogP contribution in [0.15, 0.2) is 213 Å². The van der Waals surface area contributed by atoms with Crippen molar-refractivity contribution in [3.8, 4) is 33.9 Å². The second-order valence-electron chi connectivity index (χ2n) is 17.1. The topological polar surface area (TPSA) is 45.5 Å². The minimum Gasteiger partial charge on any atom is -0.309 e. The normalized spacial score (nSPS) is 12.1. The lowest BCUT2D eigenvalue weighted by Crippen LogP contribution is -2.05. The molecule has 14 aromatic rings.